The Hall–Kier alpha value is -1.94. The molecule has 0 aromatic heterocycles. The Morgan fingerprint density at radius 2 is 1.05 bits per heavy atom. The van der Waals surface area contributed by atoms with Crippen molar-refractivity contribution in [2.45, 2.75) is 0 Å². The second kappa shape index (κ2) is 7.90. The molecule has 0 saturated carbocycles. The summed E-state index contributed by atoms with van der Waals surface area (Å²) < 4.78 is 27.2. The smallest absolute Gasteiger partial charge is 0.258 e. The number of halogens is 4. The van der Waals surface area contributed by atoms with E-state index in [1.807, 2.05) is 24.3 Å². The van der Waals surface area contributed by atoms with Crippen LogP contribution in [0.5, 0.6) is 0 Å². The molecular weight excluding hydrogens is 434 g/mol. The third-order valence-electron chi connectivity index (χ3n) is 2.21. The lowest BCUT2D eigenvalue weighted by atomic mass is 10.2. The average Bonchev–Trinajstić information content (AvgIpc) is 2.45. The summed E-state index contributed by atoms with van der Waals surface area (Å²) in [5.74, 6) is -3.00. The van der Waals surface area contributed by atoms with Crippen molar-refractivity contribution in [2.24, 2.45) is 0 Å². The van der Waals surface area contributed by atoms with E-state index < -0.39 is 32.9 Å². The fourth-order valence-corrected chi connectivity index (χ4v) is 1.78. The molecule has 2 rings (SSSR count). The molecular formula is C12H6Br2F2N2O4. The summed E-state index contributed by atoms with van der Waals surface area (Å²) in [5, 5.41) is 20.4. The van der Waals surface area contributed by atoms with Gasteiger partial charge in [-0.1, -0.05) is 31.9 Å². The minimum absolute atomic E-state index is 0.174. The van der Waals surface area contributed by atoms with Crippen molar-refractivity contribution in [1.82, 2.24) is 0 Å². The summed E-state index contributed by atoms with van der Waals surface area (Å²) in [4.78, 5) is 18.1. The van der Waals surface area contributed by atoms with Gasteiger partial charge in [0, 0.05) is 8.95 Å². The summed E-state index contributed by atoms with van der Waals surface area (Å²) in [7, 11) is 0. The second-order valence-corrected chi connectivity index (χ2v) is 5.54. The van der Waals surface area contributed by atoms with Gasteiger partial charge < -0.3 is 0 Å². The van der Waals surface area contributed by atoms with Gasteiger partial charge in [0.15, 0.2) is 11.6 Å². The van der Waals surface area contributed by atoms with Crippen LogP contribution >= 0.6 is 31.9 Å². The maximum atomic E-state index is 12.5. The fraction of sp³-hybridized carbons (Fsp3) is 0. The highest BCUT2D eigenvalue weighted by Gasteiger charge is 2.27. The predicted octanol–water partition coefficient (Wildman–Crippen LogP) is 4.99. The minimum Gasteiger partial charge on any atom is -0.258 e. The van der Waals surface area contributed by atoms with Gasteiger partial charge in [-0.2, -0.15) is 0 Å². The third-order valence-corrected chi connectivity index (χ3v) is 3.27. The van der Waals surface area contributed by atoms with Crippen molar-refractivity contribution >= 4 is 43.2 Å². The lowest BCUT2D eigenvalue weighted by molar-refractivity contribution is -0.422. The van der Waals surface area contributed by atoms with Crippen molar-refractivity contribution in [2.75, 3.05) is 0 Å². The predicted molar refractivity (Wildman–Crippen MR) is 81.5 cm³/mol. The number of benzene rings is 2. The summed E-state index contributed by atoms with van der Waals surface area (Å²) in [6.45, 7) is 0. The van der Waals surface area contributed by atoms with Gasteiger partial charge in [0.25, 0.3) is 0 Å². The van der Waals surface area contributed by atoms with Gasteiger partial charge in [-0.3, -0.25) is 20.2 Å². The SMILES string of the molecule is Brc1ccc(Br)cc1.O=[N+]([O-])c1cc(F)c(F)cc1[N+](=O)[O-]. The van der Waals surface area contributed by atoms with Crippen LogP contribution in [0.1, 0.15) is 0 Å². The van der Waals surface area contributed by atoms with Crippen molar-refractivity contribution in [3.05, 3.63) is 77.2 Å². The summed E-state index contributed by atoms with van der Waals surface area (Å²) in [6.07, 6.45) is 0. The molecule has 0 atom stereocenters. The number of hydrogen-bond acceptors (Lipinski definition) is 4. The Kier molecular flexibility index (Phi) is 6.50. The molecule has 0 heterocycles. The average molecular weight is 440 g/mol. The van der Waals surface area contributed by atoms with Gasteiger partial charge in [-0.15, -0.1) is 0 Å². The maximum absolute atomic E-state index is 12.5. The molecule has 0 N–H and O–H groups in total. The van der Waals surface area contributed by atoms with Crippen molar-refractivity contribution < 1.29 is 18.6 Å². The van der Waals surface area contributed by atoms with Crippen molar-refractivity contribution in [1.29, 1.82) is 0 Å². The quantitative estimate of drug-likeness (QED) is 0.487. The Bertz CT molecular complexity index is 651. The Morgan fingerprint density at radius 3 is 1.27 bits per heavy atom. The molecule has 0 aliphatic carbocycles. The van der Waals surface area contributed by atoms with E-state index in [0.717, 1.165) is 8.95 Å². The minimum atomic E-state index is -1.50. The van der Waals surface area contributed by atoms with E-state index in [2.05, 4.69) is 31.9 Å². The van der Waals surface area contributed by atoms with Gasteiger partial charge in [0.2, 0.25) is 0 Å². The van der Waals surface area contributed by atoms with E-state index in [1.165, 1.54) is 0 Å². The Labute approximate surface area is 139 Å². The highest BCUT2D eigenvalue weighted by atomic mass is 79.9. The third kappa shape index (κ3) is 5.11. The molecule has 0 aliphatic rings. The fourth-order valence-electron chi connectivity index (χ4n) is 1.25. The Morgan fingerprint density at radius 1 is 0.773 bits per heavy atom. The van der Waals surface area contributed by atoms with Crippen LogP contribution in [0.2, 0.25) is 0 Å². The first kappa shape index (κ1) is 18.1. The van der Waals surface area contributed by atoms with Crippen molar-refractivity contribution in [3.63, 3.8) is 0 Å². The van der Waals surface area contributed by atoms with Crippen LogP contribution in [0.15, 0.2) is 45.3 Å². The number of nitro groups is 2. The maximum Gasteiger partial charge on any atom is 0.349 e. The van der Waals surface area contributed by atoms with E-state index >= 15 is 0 Å². The van der Waals surface area contributed by atoms with E-state index in [9.17, 15) is 29.0 Å². The van der Waals surface area contributed by atoms with Crippen molar-refractivity contribution in [3.8, 4) is 0 Å². The topological polar surface area (TPSA) is 86.3 Å². The highest BCUT2D eigenvalue weighted by molar-refractivity contribution is 9.11. The number of hydrogen-bond donors (Lipinski definition) is 0. The van der Waals surface area contributed by atoms with Gasteiger partial charge in [0.05, 0.1) is 22.0 Å². The summed E-state index contributed by atoms with van der Waals surface area (Å²) in [5.41, 5.74) is -2.15. The number of nitro benzene ring substituents is 2. The molecule has 0 radical (unpaired) electrons. The molecule has 0 saturated heterocycles. The van der Waals surface area contributed by atoms with Crippen LogP contribution in [0.25, 0.3) is 0 Å². The van der Waals surface area contributed by atoms with E-state index in [4.69, 9.17) is 0 Å². The van der Waals surface area contributed by atoms with Crippen LogP contribution < -0.4 is 0 Å². The molecule has 0 spiro atoms. The normalized spacial score (nSPS) is 9.64. The lowest BCUT2D eigenvalue weighted by Gasteiger charge is -1.95. The number of rotatable bonds is 2. The standard InChI is InChI=1S/C6H4Br2.C6H2F2N2O4/c7-5-1-2-6(8)4-3-5;7-3-1-5(9(11)12)6(10(13)14)2-4(3)8/h1-4H;1-2H. The first-order valence-corrected chi connectivity index (χ1v) is 7.00. The molecule has 22 heavy (non-hydrogen) atoms. The van der Waals surface area contributed by atoms with E-state index in [-0.39, 0.29) is 12.1 Å². The van der Waals surface area contributed by atoms with Gasteiger partial charge >= 0.3 is 11.4 Å². The molecule has 6 nitrogen and oxygen atoms in total. The molecule has 2 aromatic rings. The van der Waals surface area contributed by atoms with E-state index in [0.29, 0.717) is 0 Å². The lowest BCUT2D eigenvalue weighted by Crippen LogP contribution is -1.99. The molecule has 0 bridgehead atoms. The molecule has 0 amide bonds. The van der Waals surface area contributed by atoms with Crippen LogP contribution in [-0.2, 0) is 0 Å². The molecule has 2 aromatic carbocycles. The van der Waals surface area contributed by atoms with E-state index in [1.54, 1.807) is 0 Å². The summed E-state index contributed by atoms with van der Waals surface area (Å²) in [6, 6.07) is 8.31. The molecule has 116 valence electrons. The monoisotopic (exact) mass is 438 g/mol. The van der Waals surface area contributed by atoms with Gasteiger partial charge in [-0.05, 0) is 24.3 Å². The van der Waals surface area contributed by atoms with Gasteiger partial charge in [0.1, 0.15) is 0 Å². The molecule has 0 aliphatic heterocycles. The zero-order valence-corrected chi connectivity index (χ0v) is 13.7. The van der Waals surface area contributed by atoms with Gasteiger partial charge in [-0.25, -0.2) is 8.78 Å². The first-order valence-electron chi connectivity index (χ1n) is 5.41. The molecule has 10 heteroatoms. The zero-order valence-electron chi connectivity index (χ0n) is 10.5. The summed E-state index contributed by atoms with van der Waals surface area (Å²) >= 11 is 6.65. The van der Waals surface area contributed by atoms with Crippen LogP contribution in [0.4, 0.5) is 20.2 Å². The number of nitrogens with zero attached hydrogens (tertiary/aromatic N) is 2. The van der Waals surface area contributed by atoms with Crippen LogP contribution in [0, 0.1) is 31.9 Å². The first-order chi connectivity index (χ1) is 10.2. The molecule has 0 fully saturated rings. The van der Waals surface area contributed by atoms with Crippen LogP contribution in [-0.4, -0.2) is 9.85 Å². The zero-order chi connectivity index (χ0) is 16.9. The highest BCUT2D eigenvalue weighted by Crippen LogP contribution is 2.28. The Balaban J connectivity index is 0.000000255. The second-order valence-electron chi connectivity index (χ2n) is 3.71. The van der Waals surface area contributed by atoms with Crippen LogP contribution in [0.3, 0.4) is 0 Å². The molecule has 0 unspecified atom stereocenters. The largest absolute Gasteiger partial charge is 0.349 e.